The van der Waals surface area contributed by atoms with Gasteiger partial charge >= 0.3 is 12.0 Å². The Morgan fingerprint density at radius 2 is 2.04 bits per heavy atom. The summed E-state index contributed by atoms with van der Waals surface area (Å²) in [6.45, 7) is 3.49. The van der Waals surface area contributed by atoms with E-state index in [-0.39, 0.29) is 18.9 Å². The van der Waals surface area contributed by atoms with E-state index in [0.717, 1.165) is 16.0 Å². The first-order valence-corrected chi connectivity index (χ1v) is 8.73. The molecule has 2 aliphatic heterocycles. The molecule has 1 N–H and O–H groups in total. The molecule has 1 aromatic carbocycles. The molecule has 0 spiro atoms. The first-order valence-electron chi connectivity index (χ1n) is 8.73. The Labute approximate surface area is 156 Å². The van der Waals surface area contributed by atoms with E-state index in [1.54, 1.807) is 6.20 Å². The molecule has 2 atom stereocenters. The molecule has 1 saturated heterocycles. The van der Waals surface area contributed by atoms with Gasteiger partial charge in [-0.05, 0) is 24.1 Å². The van der Waals surface area contributed by atoms with Gasteiger partial charge in [0.15, 0.2) is 6.10 Å². The zero-order valence-corrected chi connectivity index (χ0v) is 15.2. The van der Waals surface area contributed by atoms with Crippen LogP contribution in [0.15, 0.2) is 30.5 Å². The summed E-state index contributed by atoms with van der Waals surface area (Å²) in [5.41, 5.74) is 1.76. The first kappa shape index (κ1) is 18.6. The maximum atomic E-state index is 12.4. The SMILES string of the molecule is CC(=O)N1C=Cc2ccccc2C1CC(=O)OC(C)C(=O)N1CCNC1=O. The second kappa shape index (κ2) is 7.61. The van der Waals surface area contributed by atoms with E-state index in [1.165, 1.54) is 18.7 Å². The number of nitrogens with zero attached hydrogens (tertiary/aromatic N) is 2. The van der Waals surface area contributed by atoms with Gasteiger partial charge in [0.05, 0.1) is 12.5 Å². The van der Waals surface area contributed by atoms with Crippen LogP contribution in [0.4, 0.5) is 4.79 Å². The zero-order valence-electron chi connectivity index (χ0n) is 15.2. The summed E-state index contributed by atoms with van der Waals surface area (Å²) >= 11 is 0. The van der Waals surface area contributed by atoms with Crippen LogP contribution >= 0.6 is 0 Å². The van der Waals surface area contributed by atoms with Crippen LogP contribution in [-0.4, -0.2) is 52.8 Å². The van der Waals surface area contributed by atoms with Crippen molar-refractivity contribution < 1.29 is 23.9 Å². The summed E-state index contributed by atoms with van der Waals surface area (Å²) < 4.78 is 5.25. The van der Waals surface area contributed by atoms with Gasteiger partial charge in [-0.3, -0.25) is 19.3 Å². The largest absolute Gasteiger partial charge is 0.452 e. The lowest BCUT2D eigenvalue weighted by Gasteiger charge is -2.32. The van der Waals surface area contributed by atoms with E-state index in [0.29, 0.717) is 6.54 Å². The van der Waals surface area contributed by atoms with Gasteiger partial charge in [-0.15, -0.1) is 0 Å². The average molecular weight is 371 g/mol. The van der Waals surface area contributed by atoms with Crippen LogP contribution in [0.3, 0.4) is 0 Å². The Morgan fingerprint density at radius 3 is 2.70 bits per heavy atom. The molecule has 8 nitrogen and oxygen atoms in total. The van der Waals surface area contributed by atoms with Crippen LogP contribution in [0.5, 0.6) is 0 Å². The lowest BCUT2D eigenvalue weighted by Crippen LogP contribution is -2.42. The number of ether oxygens (including phenoxy) is 1. The van der Waals surface area contributed by atoms with Gasteiger partial charge in [-0.2, -0.15) is 0 Å². The molecule has 2 unspecified atom stereocenters. The van der Waals surface area contributed by atoms with Gasteiger partial charge in [0, 0.05) is 26.2 Å². The van der Waals surface area contributed by atoms with E-state index in [2.05, 4.69) is 5.32 Å². The molecular weight excluding hydrogens is 350 g/mol. The topological polar surface area (TPSA) is 96.0 Å². The Hall–Kier alpha value is -3.16. The van der Waals surface area contributed by atoms with Crippen LogP contribution in [0.1, 0.15) is 37.4 Å². The molecule has 0 aliphatic carbocycles. The minimum atomic E-state index is -1.08. The fourth-order valence-corrected chi connectivity index (χ4v) is 3.27. The van der Waals surface area contributed by atoms with E-state index >= 15 is 0 Å². The highest BCUT2D eigenvalue weighted by Gasteiger charge is 2.33. The lowest BCUT2D eigenvalue weighted by atomic mass is 9.94. The number of benzene rings is 1. The second-order valence-electron chi connectivity index (χ2n) is 6.44. The van der Waals surface area contributed by atoms with Crippen molar-refractivity contribution >= 4 is 29.9 Å². The number of nitrogens with one attached hydrogen (secondary N) is 1. The van der Waals surface area contributed by atoms with Gasteiger partial charge in [0.25, 0.3) is 5.91 Å². The van der Waals surface area contributed by atoms with Crippen LogP contribution in [0, 0.1) is 0 Å². The van der Waals surface area contributed by atoms with Crippen LogP contribution < -0.4 is 5.32 Å². The lowest BCUT2D eigenvalue weighted by molar-refractivity contribution is -0.158. The Kier molecular flexibility index (Phi) is 5.25. The maximum Gasteiger partial charge on any atom is 0.324 e. The maximum absolute atomic E-state index is 12.4. The van der Waals surface area contributed by atoms with Crippen LogP contribution in [0.2, 0.25) is 0 Å². The molecule has 142 valence electrons. The van der Waals surface area contributed by atoms with Crippen molar-refractivity contribution in [2.45, 2.75) is 32.4 Å². The molecule has 0 radical (unpaired) electrons. The van der Waals surface area contributed by atoms with Gasteiger partial charge in [0.2, 0.25) is 5.91 Å². The monoisotopic (exact) mass is 371 g/mol. The summed E-state index contributed by atoms with van der Waals surface area (Å²) in [6, 6.07) is 6.48. The molecule has 0 aromatic heterocycles. The standard InChI is InChI=1S/C19H21N3O5/c1-12(18(25)22-10-8-20-19(22)26)27-17(24)11-16-15-6-4-3-5-14(15)7-9-21(16)13(2)23/h3-7,9,12,16H,8,10-11H2,1-2H3,(H,20,26). The molecule has 1 aromatic rings. The molecule has 2 aliphatic rings. The number of amides is 4. The molecule has 4 amide bonds. The predicted molar refractivity (Wildman–Crippen MR) is 96.0 cm³/mol. The molecule has 8 heteroatoms. The van der Waals surface area contributed by atoms with Crippen LogP contribution in [0.25, 0.3) is 6.08 Å². The number of fused-ring (bicyclic) bond motifs is 1. The molecule has 27 heavy (non-hydrogen) atoms. The van der Waals surface area contributed by atoms with Crippen molar-refractivity contribution in [3.05, 3.63) is 41.6 Å². The van der Waals surface area contributed by atoms with E-state index in [1.807, 2.05) is 30.3 Å². The highest BCUT2D eigenvalue weighted by atomic mass is 16.5. The quantitative estimate of drug-likeness (QED) is 0.808. The smallest absolute Gasteiger partial charge is 0.324 e. The molecule has 0 bridgehead atoms. The molecular formula is C19H21N3O5. The average Bonchev–Trinajstić information content (AvgIpc) is 3.06. The van der Waals surface area contributed by atoms with Gasteiger partial charge in [0.1, 0.15) is 0 Å². The third-order valence-corrected chi connectivity index (χ3v) is 4.61. The van der Waals surface area contributed by atoms with E-state index in [4.69, 9.17) is 4.74 Å². The van der Waals surface area contributed by atoms with Crippen molar-refractivity contribution in [2.75, 3.05) is 13.1 Å². The van der Waals surface area contributed by atoms with Crippen molar-refractivity contribution in [1.82, 2.24) is 15.1 Å². The fourth-order valence-electron chi connectivity index (χ4n) is 3.27. The van der Waals surface area contributed by atoms with Gasteiger partial charge < -0.3 is 15.0 Å². The number of hydrogen-bond donors (Lipinski definition) is 1. The summed E-state index contributed by atoms with van der Waals surface area (Å²) in [6.07, 6.45) is 2.29. The van der Waals surface area contributed by atoms with Crippen molar-refractivity contribution in [1.29, 1.82) is 0 Å². The number of carbonyl (C=O) groups is 4. The van der Waals surface area contributed by atoms with Crippen LogP contribution in [-0.2, 0) is 19.1 Å². The summed E-state index contributed by atoms with van der Waals surface area (Å²) in [7, 11) is 0. The number of urea groups is 1. The minimum Gasteiger partial charge on any atom is -0.452 e. The van der Waals surface area contributed by atoms with E-state index in [9.17, 15) is 19.2 Å². The minimum absolute atomic E-state index is 0.0925. The van der Waals surface area contributed by atoms with Crippen molar-refractivity contribution in [3.63, 3.8) is 0 Å². The highest BCUT2D eigenvalue weighted by Crippen LogP contribution is 2.33. The number of esters is 1. The van der Waals surface area contributed by atoms with Crippen molar-refractivity contribution in [2.24, 2.45) is 0 Å². The molecule has 2 heterocycles. The summed E-state index contributed by atoms with van der Waals surface area (Å²) in [5.74, 6) is -1.38. The number of hydrogen-bond acceptors (Lipinski definition) is 5. The second-order valence-corrected chi connectivity index (χ2v) is 6.44. The van der Waals surface area contributed by atoms with Gasteiger partial charge in [-0.25, -0.2) is 4.79 Å². The predicted octanol–water partition coefficient (Wildman–Crippen LogP) is 1.43. The zero-order chi connectivity index (χ0) is 19.6. The van der Waals surface area contributed by atoms with E-state index < -0.39 is 30.1 Å². The molecule has 3 rings (SSSR count). The Bertz CT molecular complexity index is 819. The number of rotatable bonds is 4. The fraction of sp³-hybridized carbons (Fsp3) is 0.368. The summed E-state index contributed by atoms with van der Waals surface area (Å²) in [5, 5.41) is 2.53. The third-order valence-electron chi connectivity index (χ3n) is 4.61. The normalized spacial score (nSPS) is 19.3. The van der Waals surface area contributed by atoms with Crippen molar-refractivity contribution in [3.8, 4) is 0 Å². The number of imide groups is 1. The summed E-state index contributed by atoms with van der Waals surface area (Å²) in [4.78, 5) is 50.8. The first-order chi connectivity index (χ1) is 12.9. The molecule has 1 fully saturated rings. The number of carbonyl (C=O) groups excluding carboxylic acids is 4. The highest BCUT2D eigenvalue weighted by molar-refractivity contribution is 5.98. The van der Waals surface area contributed by atoms with Gasteiger partial charge in [-0.1, -0.05) is 24.3 Å². The third kappa shape index (κ3) is 3.84. The Balaban J connectivity index is 1.70. The molecule has 0 saturated carbocycles. The Morgan fingerprint density at radius 1 is 1.30 bits per heavy atom.